The molecule has 0 N–H and O–H groups in total. The monoisotopic (exact) mass is 224 g/mol. The summed E-state index contributed by atoms with van der Waals surface area (Å²) >= 11 is 0. The van der Waals surface area contributed by atoms with Gasteiger partial charge in [-0.3, -0.25) is 19.7 Å². The lowest BCUT2D eigenvalue weighted by Gasteiger charge is -2.03. The van der Waals surface area contributed by atoms with Gasteiger partial charge in [-0.1, -0.05) is 6.92 Å². The first-order valence-electron chi connectivity index (χ1n) is 4.90. The summed E-state index contributed by atoms with van der Waals surface area (Å²) in [6.45, 7) is 1.95. The molecular weight excluding hydrogens is 212 g/mol. The number of carbonyl (C=O) groups excluding carboxylic acids is 1. The number of ketones is 1. The molecule has 0 spiro atoms. The molecule has 1 rings (SSSR count). The zero-order valence-corrected chi connectivity index (χ0v) is 8.88. The standard InChI is InChI=1S/C10H12N2O4/c1-2-3-8(13)6-11-5-4-10(14)9(7-11)12(15)16/h4-5,7H,2-3,6H2,1H3. The number of hydrogen-bond acceptors (Lipinski definition) is 4. The third kappa shape index (κ3) is 3.01. The highest BCUT2D eigenvalue weighted by Crippen LogP contribution is 2.03. The van der Waals surface area contributed by atoms with Gasteiger partial charge in [0.05, 0.1) is 17.7 Å². The second-order valence-electron chi connectivity index (χ2n) is 3.41. The highest BCUT2D eigenvalue weighted by molar-refractivity contribution is 5.78. The first-order chi connectivity index (χ1) is 7.54. The fourth-order valence-corrected chi connectivity index (χ4v) is 1.31. The number of nitro groups is 1. The van der Waals surface area contributed by atoms with Gasteiger partial charge in [0.15, 0.2) is 5.78 Å². The molecule has 1 aromatic heterocycles. The van der Waals surface area contributed by atoms with E-state index in [0.717, 1.165) is 18.7 Å². The fourth-order valence-electron chi connectivity index (χ4n) is 1.31. The van der Waals surface area contributed by atoms with Crippen LogP contribution in [0.15, 0.2) is 23.3 Å². The van der Waals surface area contributed by atoms with Gasteiger partial charge in [-0.25, -0.2) is 0 Å². The molecule has 0 aliphatic carbocycles. The summed E-state index contributed by atoms with van der Waals surface area (Å²) < 4.78 is 1.36. The Hall–Kier alpha value is -1.98. The van der Waals surface area contributed by atoms with E-state index >= 15 is 0 Å². The van der Waals surface area contributed by atoms with Crippen LogP contribution in [-0.2, 0) is 11.3 Å². The summed E-state index contributed by atoms with van der Waals surface area (Å²) in [4.78, 5) is 32.1. The summed E-state index contributed by atoms with van der Waals surface area (Å²) in [6.07, 6.45) is 3.64. The lowest BCUT2D eigenvalue weighted by Crippen LogP contribution is -2.14. The van der Waals surface area contributed by atoms with Crippen LogP contribution in [0.2, 0.25) is 0 Å². The highest BCUT2D eigenvalue weighted by atomic mass is 16.6. The molecule has 0 radical (unpaired) electrons. The Kier molecular flexibility index (Phi) is 3.93. The van der Waals surface area contributed by atoms with Crippen LogP contribution in [0.5, 0.6) is 0 Å². The molecule has 0 amide bonds. The SMILES string of the molecule is CCCC(=O)Cn1ccc(=O)c([N+](=O)[O-])c1. The van der Waals surface area contributed by atoms with Gasteiger partial charge >= 0.3 is 5.69 Å². The van der Waals surface area contributed by atoms with Crippen molar-refractivity contribution in [2.75, 3.05) is 0 Å². The van der Waals surface area contributed by atoms with Gasteiger partial charge < -0.3 is 4.57 Å². The lowest BCUT2D eigenvalue weighted by molar-refractivity contribution is -0.386. The van der Waals surface area contributed by atoms with E-state index in [1.54, 1.807) is 0 Å². The van der Waals surface area contributed by atoms with Gasteiger partial charge in [0.25, 0.3) is 5.43 Å². The van der Waals surface area contributed by atoms with Crippen LogP contribution in [0.4, 0.5) is 5.69 Å². The van der Waals surface area contributed by atoms with E-state index in [1.165, 1.54) is 10.8 Å². The number of carbonyl (C=O) groups is 1. The average Bonchev–Trinajstić information content (AvgIpc) is 2.21. The van der Waals surface area contributed by atoms with Crippen molar-refractivity contribution < 1.29 is 9.72 Å². The predicted molar refractivity (Wildman–Crippen MR) is 57.3 cm³/mol. The second-order valence-corrected chi connectivity index (χ2v) is 3.41. The summed E-state index contributed by atoms with van der Waals surface area (Å²) in [7, 11) is 0. The van der Waals surface area contributed by atoms with E-state index in [4.69, 9.17) is 0 Å². The maximum atomic E-state index is 11.3. The molecule has 0 atom stereocenters. The van der Waals surface area contributed by atoms with Crippen molar-refractivity contribution in [1.82, 2.24) is 4.57 Å². The molecule has 1 heterocycles. The summed E-state index contributed by atoms with van der Waals surface area (Å²) in [5.41, 5.74) is -1.16. The highest BCUT2D eigenvalue weighted by Gasteiger charge is 2.12. The Labute approximate surface area is 91.7 Å². The molecule has 1 aromatic rings. The smallest absolute Gasteiger partial charge is 0.332 e. The number of rotatable bonds is 5. The normalized spacial score (nSPS) is 10.1. The molecular formula is C10H12N2O4. The Balaban J connectivity index is 2.91. The molecule has 0 aromatic carbocycles. The van der Waals surface area contributed by atoms with Crippen molar-refractivity contribution in [1.29, 1.82) is 0 Å². The van der Waals surface area contributed by atoms with E-state index in [1.807, 2.05) is 6.92 Å². The van der Waals surface area contributed by atoms with Crippen molar-refractivity contribution in [3.63, 3.8) is 0 Å². The van der Waals surface area contributed by atoms with Crippen molar-refractivity contribution in [2.24, 2.45) is 0 Å². The van der Waals surface area contributed by atoms with Crippen molar-refractivity contribution >= 4 is 11.5 Å². The Bertz CT molecular complexity index is 464. The largest absolute Gasteiger partial charge is 0.341 e. The van der Waals surface area contributed by atoms with Gasteiger partial charge in [0, 0.05) is 18.7 Å². The van der Waals surface area contributed by atoms with Gasteiger partial charge in [0.2, 0.25) is 0 Å². The molecule has 0 saturated carbocycles. The van der Waals surface area contributed by atoms with Crippen molar-refractivity contribution in [2.45, 2.75) is 26.3 Å². The minimum atomic E-state index is -0.747. The van der Waals surface area contributed by atoms with Crippen LogP contribution in [0.1, 0.15) is 19.8 Å². The van der Waals surface area contributed by atoms with Crippen LogP contribution in [0, 0.1) is 10.1 Å². The fraction of sp³-hybridized carbons (Fsp3) is 0.400. The number of pyridine rings is 1. The molecule has 0 unspecified atom stereocenters. The van der Waals surface area contributed by atoms with Gasteiger partial charge in [-0.2, -0.15) is 0 Å². The molecule has 6 heteroatoms. The summed E-state index contributed by atoms with van der Waals surface area (Å²) in [5.74, 6) is -0.0135. The van der Waals surface area contributed by atoms with Crippen molar-refractivity contribution in [3.05, 3.63) is 38.8 Å². The van der Waals surface area contributed by atoms with Gasteiger partial charge in [-0.05, 0) is 6.42 Å². The minimum Gasteiger partial charge on any atom is -0.341 e. The number of Topliss-reactive ketones (excluding diaryl/α,β-unsaturated/α-hetero) is 1. The Morgan fingerprint density at radius 2 is 2.25 bits per heavy atom. The van der Waals surface area contributed by atoms with Crippen LogP contribution >= 0.6 is 0 Å². The zero-order valence-electron chi connectivity index (χ0n) is 8.88. The van der Waals surface area contributed by atoms with Crippen LogP contribution in [0.3, 0.4) is 0 Å². The summed E-state index contributed by atoms with van der Waals surface area (Å²) in [5, 5.41) is 10.5. The third-order valence-corrected chi connectivity index (χ3v) is 2.04. The van der Waals surface area contributed by atoms with Crippen molar-refractivity contribution in [3.8, 4) is 0 Å². The number of nitrogens with zero attached hydrogens (tertiary/aromatic N) is 2. The molecule has 0 bridgehead atoms. The van der Waals surface area contributed by atoms with Gasteiger partial charge in [-0.15, -0.1) is 0 Å². The molecule has 0 aliphatic heterocycles. The van der Waals surface area contributed by atoms with E-state index in [-0.39, 0.29) is 12.3 Å². The number of hydrogen-bond donors (Lipinski definition) is 0. The molecule has 0 fully saturated rings. The second kappa shape index (κ2) is 5.20. The summed E-state index contributed by atoms with van der Waals surface area (Å²) in [6, 6.07) is 1.09. The van der Waals surface area contributed by atoms with E-state index in [9.17, 15) is 19.7 Å². The Morgan fingerprint density at radius 1 is 1.56 bits per heavy atom. The minimum absolute atomic E-state index is 0.0135. The van der Waals surface area contributed by atoms with E-state index < -0.39 is 16.0 Å². The molecule has 0 aliphatic rings. The molecule has 6 nitrogen and oxygen atoms in total. The molecule has 0 saturated heterocycles. The Morgan fingerprint density at radius 3 is 2.81 bits per heavy atom. The molecule has 86 valence electrons. The quantitative estimate of drug-likeness (QED) is 0.554. The third-order valence-electron chi connectivity index (χ3n) is 2.04. The maximum Gasteiger partial charge on any atom is 0.332 e. The van der Waals surface area contributed by atoms with Crippen LogP contribution in [-0.4, -0.2) is 15.3 Å². The predicted octanol–water partition coefficient (Wildman–Crippen LogP) is 1.13. The van der Waals surface area contributed by atoms with Crippen LogP contribution < -0.4 is 5.43 Å². The maximum absolute atomic E-state index is 11.3. The average molecular weight is 224 g/mol. The topological polar surface area (TPSA) is 82.2 Å². The first-order valence-corrected chi connectivity index (χ1v) is 4.90. The van der Waals surface area contributed by atoms with E-state index in [2.05, 4.69) is 0 Å². The van der Waals surface area contributed by atoms with Gasteiger partial charge in [0.1, 0.15) is 0 Å². The van der Waals surface area contributed by atoms with Crippen LogP contribution in [0.25, 0.3) is 0 Å². The van der Waals surface area contributed by atoms with E-state index in [0.29, 0.717) is 6.42 Å². The zero-order chi connectivity index (χ0) is 12.1. The lowest BCUT2D eigenvalue weighted by atomic mass is 10.2. The molecule has 16 heavy (non-hydrogen) atoms. The first kappa shape index (κ1) is 12.1. The number of aromatic nitrogens is 1.